The molecule has 0 fully saturated rings. The number of alkyl carbamates (subject to hydrolysis) is 1. The van der Waals surface area contributed by atoms with Crippen molar-refractivity contribution in [3.63, 3.8) is 0 Å². The number of amides is 2. The van der Waals surface area contributed by atoms with E-state index in [2.05, 4.69) is 15.6 Å². The van der Waals surface area contributed by atoms with E-state index >= 15 is 0 Å². The van der Waals surface area contributed by atoms with Crippen LogP contribution in [0.3, 0.4) is 0 Å². The predicted octanol–water partition coefficient (Wildman–Crippen LogP) is 2.52. The first-order valence-electron chi connectivity index (χ1n) is 8.34. The molecule has 1 aromatic rings. The van der Waals surface area contributed by atoms with Crippen molar-refractivity contribution in [1.82, 2.24) is 10.6 Å². The first-order valence-corrected chi connectivity index (χ1v) is 8.34. The van der Waals surface area contributed by atoms with Gasteiger partial charge in [-0.25, -0.2) is 9.79 Å². The molecule has 1 aliphatic heterocycles. The average Bonchev–Trinajstić information content (AvgIpc) is 2.49. The molecule has 0 aromatic heterocycles. The summed E-state index contributed by atoms with van der Waals surface area (Å²) in [5.41, 5.74) is 5.89. The van der Waals surface area contributed by atoms with E-state index in [1.807, 2.05) is 32.0 Å². The lowest BCUT2D eigenvalue weighted by atomic mass is 9.76. The minimum atomic E-state index is -0.804. The summed E-state index contributed by atoms with van der Waals surface area (Å²) >= 11 is 0. The van der Waals surface area contributed by atoms with E-state index in [4.69, 9.17) is 10.5 Å². The number of anilines is 1. The molecule has 4 N–H and O–H groups in total. The Balaban J connectivity index is 2.40. The van der Waals surface area contributed by atoms with Gasteiger partial charge < -0.3 is 10.5 Å². The number of carbonyl (C=O) groups excluding carboxylic acids is 2. The number of carbonyl (C=O) groups is 2. The van der Waals surface area contributed by atoms with Gasteiger partial charge in [-0.05, 0) is 44.9 Å². The maximum absolute atomic E-state index is 12.5. The second kappa shape index (κ2) is 6.74. The Morgan fingerprint density at radius 1 is 1.44 bits per heavy atom. The van der Waals surface area contributed by atoms with Crippen LogP contribution >= 0.6 is 0 Å². The van der Waals surface area contributed by atoms with Gasteiger partial charge in [-0.15, -0.1) is 0 Å². The third-order valence-electron chi connectivity index (χ3n) is 4.21. The van der Waals surface area contributed by atoms with Gasteiger partial charge in [-0.1, -0.05) is 26.0 Å². The van der Waals surface area contributed by atoms with Crippen LogP contribution in [0, 0.1) is 5.92 Å². The van der Waals surface area contributed by atoms with E-state index in [0.717, 1.165) is 5.56 Å². The van der Waals surface area contributed by atoms with Crippen LogP contribution in [0.2, 0.25) is 0 Å². The summed E-state index contributed by atoms with van der Waals surface area (Å²) in [6.45, 7) is 9.06. The SMILES string of the molecule is CC[C@]1(c2cccc(N)c2)N=C(NC(=O)OC(C)(C)C)NC(=O)C1C. The molecule has 0 radical (unpaired) electrons. The van der Waals surface area contributed by atoms with Crippen molar-refractivity contribution < 1.29 is 14.3 Å². The number of nitrogen functional groups attached to an aromatic ring is 1. The molecule has 136 valence electrons. The maximum Gasteiger partial charge on any atom is 0.414 e. The van der Waals surface area contributed by atoms with Crippen molar-refractivity contribution in [2.75, 3.05) is 5.73 Å². The zero-order valence-electron chi connectivity index (χ0n) is 15.3. The maximum atomic E-state index is 12.5. The minimum Gasteiger partial charge on any atom is -0.444 e. The number of aliphatic imine (C=N–C) groups is 1. The van der Waals surface area contributed by atoms with Crippen LogP contribution in [0.1, 0.15) is 46.6 Å². The Bertz CT molecular complexity index is 709. The Labute approximate surface area is 148 Å². The zero-order valence-corrected chi connectivity index (χ0v) is 15.3. The number of ether oxygens (including phenoxy) is 1. The summed E-state index contributed by atoms with van der Waals surface area (Å²) in [5, 5.41) is 5.15. The highest BCUT2D eigenvalue weighted by atomic mass is 16.6. The molecule has 1 unspecified atom stereocenters. The second-order valence-electron chi connectivity index (χ2n) is 7.20. The fourth-order valence-corrected chi connectivity index (χ4v) is 2.94. The molecule has 25 heavy (non-hydrogen) atoms. The lowest BCUT2D eigenvalue weighted by molar-refractivity contribution is -0.126. The van der Waals surface area contributed by atoms with E-state index in [-0.39, 0.29) is 11.9 Å². The predicted molar refractivity (Wildman–Crippen MR) is 96.9 cm³/mol. The molecule has 2 amide bonds. The molecule has 0 saturated heterocycles. The van der Waals surface area contributed by atoms with Gasteiger partial charge in [0.05, 0.1) is 5.92 Å². The highest BCUT2D eigenvalue weighted by Gasteiger charge is 2.44. The highest BCUT2D eigenvalue weighted by Crippen LogP contribution is 2.39. The quantitative estimate of drug-likeness (QED) is 0.715. The Hall–Kier alpha value is -2.57. The number of guanidine groups is 1. The van der Waals surface area contributed by atoms with Crippen molar-refractivity contribution >= 4 is 23.6 Å². The summed E-state index contributed by atoms with van der Waals surface area (Å²) in [5.74, 6) is -0.546. The van der Waals surface area contributed by atoms with E-state index in [1.165, 1.54) is 0 Å². The molecular weight excluding hydrogens is 320 g/mol. The fraction of sp³-hybridized carbons (Fsp3) is 0.500. The van der Waals surface area contributed by atoms with Gasteiger partial charge in [-0.3, -0.25) is 15.4 Å². The molecule has 1 aliphatic rings. The molecule has 2 rings (SSSR count). The van der Waals surface area contributed by atoms with Crippen molar-refractivity contribution in [2.45, 2.75) is 52.2 Å². The number of nitrogens with two attached hydrogens (primary N) is 1. The number of hydrogen-bond donors (Lipinski definition) is 3. The summed E-state index contributed by atoms with van der Waals surface area (Å²) < 4.78 is 5.23. The Kier molecular flexibility index (Phi) is 5.06. The molecule has 0 spiro atoms. The fourth-order valence-electron chi connectivity index (χ4n) is 2.94. The monoisotopic (exact) mass is 346 g/mol. The van der Waals surface area contributed by atoms with Crippen molar-refractivity contribution in [3.8, 4) is 0 Å². The van der Waals surface area contributed by atoms with Crippen LogP contribution in [0.25, 0.3) is 0 Å². The number of rotatable bonds is 2. The van der Waals surface area contributed by atoms with Crippen LogP contribution in [0.4, 0.5) is 10.5 Å². The molecule has 2 atom stereocenters. The zero-order chi connectivity index (χ0) is 18.8. The Morgan fingerprint density at radius 3 is 2.68 bits per heavy atom. The first-order chi connectivity index (χ1) is 11.6. The van der Waals surface area contributed by atoms with Crippen molar-refractivity contribution in [1.29, 1.82) is 0 Å². The average molecular weight is 346 g/mol. The number of nitrogens with one attached hydrogen (secondary N) is 2. The second-order valence-corrected chi connectivity index (χ2v) is 7.20. The number of nitrogens with zero attached hydrogens (tertiary/aromatic N) is 1. The third-order valence-corrected chi connectivity index (χ3v) is 4.21. The van der Waals surface area contributed by atoms with Gasteiger partial charge in [-0.2, -0.15) is 0 Å². The molecule has 1 heterocycles. The Morgan fingerprint density at radius 2 is 2.12 bits per heavy atom. The van der Waals surface area contributed by atoms with Gasteiger partial charge in [0.1, 0.15) is 11.1 Å². The van der Waals surface area contributed by atoms with Gasteiger partial charge in [0.15, 0.2) is 0 Å². The van der Waals surface area contributed by atoms with Crippen molar-refractivity contribution in [2.24, 2.45) is 10.9 Å². The van der Waals surface area contributed by atoms with Crippen LogP contribution < -0.4 is 16.4 Å². The van der Waals surface area contributed by atoms with Gasteiger partial charge in [0.25, 0.3) is 0 Å². The van der Waals surface area contributed by atoms with E-state index < -0.39 is 23.2 Å². The van der Waals surface area contributed by atoms with Crippen molar-refractivity contribution in [3.05, 3.63) is 29.8 Å². The number of hydrogen-bond acceptors (Lipinski definition) is 5. The van der Waals surface area contributed by atoms with Gasteiger partial charge >= 0.3 is 6.09 Å². The summed E-state index contributed by atoms with van der Waals surface area (Å²) in [6, 6.07) is 7.32. The standard InChI is InChI=1S/C18H26N4O3/c1-6-18(12-8-7-9-13(19)10-12)11(2)14(23)20-15(22-18)21-16(24)25-17(3,4)5/h7-11H,6,19H2,1-5H3,(H2,20,21,22,23,24)/t11?,18-/m0/s1. The number of benzene rings is 1. The topological polar surface area (TPSA) is 106 Å². The highest BCUT2D eigenvalue weighted by molar-refractivity contribution is 6.05. The third kappa shape index (κ3) is 4.10. The largest absolute Gasteiger partial charge is 0.444 e. The van der Waals surface area contributed by atoms with Crippen LogP contribution in [0.15, 0.2) is 29.3 Å². The smallest absolute Gasteiger partial charge is 0.414 e. The summed E-state index contributed by atoms with van der Waals surface area (Å²) in [7, 11) is 0. The molecule has 0 aliphatic carbocycles. The van der Waals surface area contributed by atoms with Crippen LogP contribution in [-0.2, 0) is 15.1 Å². The first kappa shape index (κ1) is 18.8. The normalized spacial score (nSPS) is 23.5. The van der Waals surface area contributed by atoms with Gasteiger partial charge in [0, 0.05) is 5.69 Å². The molecular formula is C18H26N4O3. The molecule has 7 nitrogen and oxygen atoms in total. The molecule has 7 heteroatoms. The van der Waals surface area contributed by atoms with E-state index in [0.29, 0.717) is 12.1 Å². The van der Waals surface area contributed by atoms with Crippen LogP contribution in [-0.4, -0.2) is 23.6 Å². The summed E-state index contributed by atoms with van der Waals surface area (Å²) in [6.07, 6.45) is -0.0939. The minimum absolute atomic E-state index is 0.0848. The lowest BCUT2D eigenvalue weighted by Crippen LogP contribution is -2.56. The molecule has 1 aromatic carbocycles. The lowest BCUT2D eigenvalue weighted by Gasteiger charge is -2.38. The summed E-state index contributed by atoms with van der Waals surface area (Å²) in [4.78, 5) is 29.2. The van der Waals surface area contributed by atoms with E-state index in [1.54, 1.807) is 26.8 Å². The van der Waals surface area contributed by atoms with Crippen LogP contribution in [0.5, 0.6) is 0 Å². The van der Waals surface area contributed by atoms with Gasteiger partial charge in [0.2, 0.25) is 11.9 Å². The molecule has 0 bridgehead atoms. The molecule has 0 saturated carbocycles. The van der Waals surface area contributed by atoms with E-state index in [9.17, 15) is 9.59 Å².